The number of esters is 1. The number of nitrogens with zero attached hydrogens (tertiary/aromatic N) is 2. The summed E-state index contributed by atoms with van der Waals surface area (Å²) in [6, 6.07) is 9.59. The maximum absolute atomic E-state index is 12.4. The second kappa shape index (κ2) is 7.63. The van der Waals surface area contributed by atoms with Gasteiger partial charge in [0.15, 0.2) is 6.61 Å². The van der Waals surface area contributed by atoms with E-state index in [1.165, 1.54) is 0 Å². The number of anilines is 1. The van der Waals surface area contributed by atoms with Gasteiger partial charge in [0.2, 0.25) is 5.88 Å². The van der Waals surface area contributed by atoms with Crippen molar-refractivity contribution in [3.63, 3.8) is 0 Å². The highest BCUT2D eigenvalue weighted by atomic mass is 16.5. The number of aromatic nitrogens is 1. The third-order valence-corrected chi connectivity index (χ3v) is 3.56. The Labute approximate surface area is 140 Å². The molecule has 1 aromatic heterocycles. The molecular weight excluding hydrogens is 310 g/mol. The zero-order valence-electron chi connectivity index (χ0n) is 14.0. The Kier molecular flexibility index (Phi) is 5.57. The van der Waals surface area contributed by atoms with Crippen LogP contribution in [0.25, 0.3) is 0 Å². The van der Waals surface area contributed by atoms with Crippen molar-refractivity contribution in [3.8, 4) is 0 Å². The van der Waals surface area contributed by atoms with Crippen LogP contribution in [0, 0.1) is 6.92 Å². The predicted octanol–water partition coefficient (Wildman–Crippen LogP) is 2.16. The minimum absolute atomic E-state index is 0.0289. The fourth-order valence-electron chi connectivity index (χ4n) is 2.26. The highest BCUT2D eigenvalue weighted by molar-refractivity contribution is 5.96. The minimum atomic E-state index is -0.719. The molecule has 0 aliphatic carbocycles. The number of nitrogens with two attached hydrogens (primary N) is 1. The average molecular weight is 331 g/mol. The van der Waals surface area contributed by atoms with Crippen LogP contribution < -0.4 is 5.73 Å². The summed E-state index contributed by atoms with van der Waals surface area (Å²) in [4.78, 5) is 26.1. The number of carbonyl (C=O) groups is 2. The summed E-state index contributed by atoms with van der Waals surface area (Å²) in [6.45, 7) is 5.47. The number of amides is 1. The molecule has 0 saturated heterocycles. The topological polar surface area (TPSA) is 98.7 Å². The van der Waals surface area contributed by atoms with Gasteiger partial charge in [-0.3, -0.25) is 4.79 Å². The van der Waals surface area contributed by atoms with Crippen molar-refractivity contribution in [2.45, 2.75) is 33.4 Å². The molecule has 0 fully saturated rings. The summed E-state index contributed by atoms with van der Waals surface area (Å²) < 4.78 is 9.79. The Morgan fingerprint density at radius 3 is 2.50 bits per heavy atom. The Hall–Kier alpha value is -2.83. The summed E-state index contributed by atoms with van der Waals surface area (Å²) >= 11 is 0. The van der Waals surface area contributed by atoms with E-state index < -0.39 is 5.97 Å². The lowest BCUT2D eigenvalue weighted by Gasteiger charge is -2.26. The maximum Gasteiger partial charge on any atom is 0.346 e. The molecule has 7 heteroatoms. The fraction of sp³-hybridized carbons (Fsp3) is 0.353. The summed E-state index contributed by atoms with van der Waals surface area (Å²) in [5.41, 5.74) is 6.92. The normalized spacial score (nSPS) is 10.7. The number of carbonyl (C=O) groups excluding carboxylic acids is 2. The third kappa shape index (κ3) is 4.13. The minimum Gasteiger partial charge on any atom is -0.452 e. The Bertz CT molecular complexity index is 690. The summed E-state index contributed by atoms with van der Waals surface area (Å²) in [5, 5.41) is 3.59. The van der Waals surface area contributed by atoms with E-state index in [9.17, 15) is 9.59 Å². The quantitative estimate of drug-likeness (QED) is 0.814. The smallest absolute Gasteiger partial charge is 0.346 e. The first kappa shape index (κ1) is 17.5. The van der Waals surface area contributed by atoms with Crippen LogP contribution in [0.3, 0.4) is 0 Å². The van der Waals surface area contributed by atoms with E-state index in [-0.39, 0.29) is 30.0 Å². The van der Waals surface area contributed by atoms with Crippen molar-refractivity contribution in [2.24, 2.45) is 0 Å². The number of benzene rings is 1. The van der Waals surface area contributed by atoms with Gasteiger partial charge in [-0.05, 0) is 26.3 Å². The predicted molar refractivity (Wildman–Crippen MR) is 88.1 cm³/mol. The van der Waals surface area contributed by atoms with Crippen LogP contribution >= 0.6 is 0 Å². The SMILES string of the molecule is Cc1noc(N)c1C(=O)OCC(=O)N(Cc1ccccc1)C(C)C. The van der Waals surface area contributed by atoms with Crippen LogP contribution in [0.1, 0.15) is 35.5 Å². The Balaban J connectivity index is 1.99. The van der Waals surface area contributed by atoms with Gasteiger partial charge in [-0.15, -0.1) is 0 Å². The molecule has 0 aliphatic rings. The van der Waals surface area contributed by atoms with Crippen LogP contribution in [0.5, 0.6) is 0 Å². The summed E-state index contributed by atoms with van der Waals surface area (Å²) in [6.07, 6.45) is 0. The molecule has 128 valence electrons. The molecule has 0 radical (unpaired) electrons. The molecule has 1 amide bonds. The number of rotatable bonds is 6. The number of aryl methyl sites for hydroxylation is 1. The van der Waals surface area contributed by atoms with Crippen molar-refractivity contribution in [3.05, 3.63) is 47.2 Å². The van der Waals surface area contributed by atoms with E-state index in [1.807, 2.05) is 44.2 Å². The second-order valence-corrected chi connectivity index (χ2v) is 5.68. The zero-order valence-corrected chi connectivity index (χ0v) is 14.0. The van der Waals surface area contributed by atoms with Crippen molar-refractivity contribution >= 4 is 17.8 Å². The first-order chi connectivity index (χ1) is 11.4. The lowest BCUT2D eigenvalue weighted by molar-refractivity contribution is -0.136. The van der Waals surface area contributed by atoms with Gasteiger partial charge in [-0.2, -0.15) is 0 Å². The average Bonchev–Trinajstić information content (AvgIpc) is 2.89. The maximum atomic E-state index is 12.4. The van der Waals surface area contributed by atoms with E-state index >= 15 is 0 Å². The molecule has 0 spiro atoms. The van der Waals surface area contributed by atoms with Gasteiger partial charge in [0.05, 0.1) is 5.69 Å². The molecule has 2 rings (SSSR count). The Morgan fingerprint density at radius 1 is 1.29 bits per heavy atom. The summed E-state index contributed by atoms with van der Waals surface area (Å²) in [7, 11) is 0. The highest BCUT2D eigenvalue weighted by Crippen LogP contribution is 2.17. The van der Waals surface area contributed by atoms with Crippen molar-refractivity contribution in [2.75, 3.05) is 12.3 Å². The van der Waals surface area contributed by atoms with Crippen LogP contribution in [-0.4, -0.2) is 34.6 Å². The van der Waals surface area contributed by atoms with Crippen molar-refractivity contribution in [1.82, 2.24) is 10.1 Å². The Morgan fingerprint density at radius 2 is 1.96 bits per heavy atom. The lowest BCUT2D eigenvalue weighted by Crippen LogP contribution is -2.39. The van der Waals surface area contributed by atoms with Crippen molar-refractivity contribution < 1.29 is 18.8 Å². The van der Waals surface area contributed by atoms with E-state index in [0.29, 0.717) is 12.2 Å². The van der Waals surface area contributed by atoms with Gasteiger partial charge in [0.1, 0.15) is 5.56 Å². The largest absolute Gasteiger partial charge is 0.452 e. The van der Waals surface area contributed by atoms with E-state index in [0.717, 1.165) is 5.56 Å². The molecule has 24 heavy (non-hydrogen) atoms. The molecule has 2 N–H and O–H groups in total. The van der Waals surface area contributed by atoms with E-state index in [2.05, 4.69) is 5.16 Å². The van der Waals surface area contributed by atoms with Crippen LogP contribution in [0.2, 0.25) is 0 Å². The molecule has 0 unspecified atom stereocenters. The standard InChI is InChI=1S/C17H21N3O4/c1-11(2)20(9-13-7-5-4-6-8-13)14(21)10-23-17(22)15-12(3)19-24-16(15)18/h4-8,11H,9-10,18H2,1-3H3. The molecule has 0 bridgehead atoms. The van der Waals surface area contributed by atoms with Gasteiger partial charge in [0.25, 0.3) is 5.91 Å². The first-order valence-corrected chi connectivity index (χ1v) is 7.62. The number of nitrogen functional groups attached to an aromatic ring is 1. The van der Waals surface area contributed by atoms with Gasteiger partial charge in [0, 0.05) is 12.6 Å². The van der Waals surface area contributed by atoms with E-state index in [4.69, 9.17) is 15.0 Å². The number of ether oxygens (including phenoxy) is 1. The van der Waals surface area contributed by atoms with Gasteiger partial charge in [-0.25, -0.2) is 4.79 Å². The van der Waals surface area contributed by atoms with Gasteiger partial charge < -0.3 is 19.9 Å². The molecule has 1 aromatic carbocycles. The zero-order chi connectivity index (χ0) is 17.7. The molecule has 1 heterocycles. The first-order valence-electron chi connectivity index (χ1n) is 7.62. The molecule has 0 saturated carbocycles. The summed E-state index contributed by atoms with van der Waals surface area (Å²) in [5.74, 6) is -1.12. The lowest BCUT2D eigenvalue weighted by atomic mass is 10.2. The molecule has 7 nitrogen and oxygen atoms in total. The van der Waals surface area contributed by atoms with E-state index in [1.54, 1.807) is 11.8 Å². The monoisotopic (exact) mass is 331 g/mol. The third-order valence-electron chi connectivity index (χ3n) is 3.56. The molecular formula is C17H21N3O4. The molecule has 0 atom stereocenters. The van der Waals surface area contributed by atoms with Crippen molar-refractivity contribution in [1.29, 1.82) is 0 Å². The second-order valence-electron chi connectivity index (χ2n) is 5.68. The number of hydrogen-bond donors (Lipinski definition) is 1. The highest BCUT2D eigenvalue weighted by Gasteiger charge is 2.23. The van der Waals surface area contributed by atoms with Crippen LogP contribution in [-0.2, 0) is 16.1 Å². The van der Waals surface area contributed by atoms with Crippen LogP contribution in [0.15, 0.2) is 34.9 Å². The van der Waals surface area contributed by atoms with Gasteiger partial charge >= 0.3 is 5.97 Å². The number of hydrogen-bond acceptors (Lipinski definition) is 6. The molecule has 0 aliphatic heterocycles. The fourth-order valence-corrected chi connectivity index (χ4v) is 2.26. The molecule has 2 aromatic rings. The van der Waals surface area contributed by atoms with Crippen LogP contribution in [0.4, 0.5) is 5.88 Å². The van der Waals surface area contributed by atoms with Gasteiger partial charge in [-0.1, -0.05) is 35.5 Å².